The Labute approximate surface area is 192 Å². The van der Waals surface area contributed by atoms with E-state index in [-0.39, 0.29) is 15.6 Å². The first-order valence-corrected chi connectivity index (χ1v) is 10.2. The van der Waals surface area contributed by atoms with Gasteiger partial charge in [0.25, 0.3) is 0 Å². The molecule has 0 radical (unpaired) electrons. The molecule has 1 heterocycles. The number of hydrogen-bond acceptors (Lipinski definition) is 8. The van der Waals surface area contributed by atoms with E-state index in [0.717, 1.165) is 12.1 Å². The summed E-state index contributed by atoms with van der Waals surface area (Å²) in [5, 5.41) is 38.0. The number of benzene rings is 2. The van der Waals surface area contributed by atoms with Crippen LogP contribution in [0.1, 0.15) is 5.56 Å². The Hall–Kier alpha value is -3.09. The van der Waals surface area contributed by atoms with Gasteiger partial charge >= 0.3 is 11.7 Å². The molecule has 0 atom stereocenters. The second-order valence-electron chi connectivity index (χ2n) is 5.85. The molecular weight excluding hydrogens is 516 g/mol. The number of aromatic amines is 1. The van der Waals surface area contributed by atoms with Gasteiger partial charge in [-0.2, -0.15) is 0 Å². The Morgan fingerprint density at radius 2 is 2.13 bits per heavy atom. The van der Waals surface area contributed by atoms with Gasteiger partial charge in [0, 0.05) is 21.1 Å². The average molecular weight is 528 g/mol. The van der Waals surface area contributed by atoms with Crippen LogP contribution in [0, 0.1) is 10.1 Å². The second-order valence-corrected chi connectivity index (χ2v) is 8.21. The van der Waals surface area contributed by atoms with Crippen LogP contribution in [0.2, 0.25) is 5.02 Å². The van der Waals surface area contributed by atoms with Crippen LogP contribution in [-0.4, -0.2) is 43.4 Å². The number of methoxy groups -OCH3 is 1. The van der Waals surface area contributed by atoms with Crippen molar-refractivity contribution in [1.29, 1.82) is 0 Å². The maximum atomic E-state index is 11.7. The normalized spacial score (nSPS) is 11.4. The van der Waals surface area contributed by atoms with E-state index in [1.54, 1.807) is 18.2 Å². The largest absolute Gasteiger partial charge is 0.502 e. The Balaban J connectivity index is 1.97. The summed E-state index contributed by atoms with van der Waals surface area (Å²) in [4.78, 5) is 26.0. The van der Waals surface area contributed by atoms with Crippen molar-refractivity contribution in [2.45, 2.75) is 5.16 Å². The number of carboxylic acids is 1. The van der Waals surface area contributed by atoms with Crippen LogP contribution in [0.4, 0.5) is 5.69 Å². The molecule has 31 heavy (non-hydrogen) atoms. The molecule has 3 N–H and O–H groups in total. The maximum absolute atomic E-state index is 11.7. The van der Waals surface area contributed by atoms with Crippen molar-refractivity contribution in [1.82, 2.24) is 15.2 Å². The van der Waals surface area contributed by atoms with Crippen LogP contribution < -0.4 is 4.74 Å². The van der Waals surface area contributed by atoms with Gasteiger partial charge in [-0.3, -0.25) is 15.2 Å². The summed E-state index contributed by atoms with van der Waals surface area (Å²) >= 11 is 9.82. The van der Waals surface area contributed by atoms with Crippen LogP contribution in [-0.2, 0) is 4.79 Å². The second kappa shape index (κ2) is 9.37. The zero-order chi connectivity index (χ0) is 22.7. The number of hydrogen-bond donors (Lipinski definition) is 3. The van der Waals surface area contributed by atoms with Crippen molar-refractivity contribution in [2.75, 3.05) is 7.11 Å². The highest BCUT2D eigenvalue weighted by molar-refractivity contribution is 9.10. The first-order chi connectivity index (χ1) is 14.7. The van der Waals surface area contributed by atoms with Crippen molar-refractivity contribution in [3.63, 3.8) is 0 Å². The lowest BCUT2D eigenvalue weighted by Crippen LogP contribution is -1.98. The first kappa shape index (κ1) is 22.6. The highest BCUT2D eigenvalue weighted by Gasteiger charge is 2.21. The van der Waals surface area contributed by atoms with Crippen LogP contribution in [0.25, 0.3) is 17.5 Å². The number of aliphatic carboxylic acids is 1. The predicted octanol–water partition coefficient (Wildman–Crippen LogP) is 4.73. The molecule has 160 valence electrons. The lowest BCUT2D eigenvalue weighted by Gasteiger charge is -2.05. The van der Waals surface area contributed by atoms with Gasteiger partial charge in [0.05, 0.1) is 17.6 Å². The lowest BCUT2D eigenvalue weighted by molar-refractivity contribution is -0.385. The van der Waals surface area contributed by atoms with Gasteiger partial charge in [0.15, 0.2) is 5.82 Å². The number of aromatic hydroxyl groups is 1. The number of thioether (sulfide) groups is 1. The van der Waals surface area contributed by atoms with Gasteiger partial charge in [-0.1, -0.05) is 27.5 Å². The standard InChI is InChI=1S/C18H12BrClN4O6S/c1-30-13-3-2-10(20)7-11(13)16-21-18(23-22-16)31-14(17(26)27)5-8-4-9(19)6-12(15(8)25)24(28)29/h2-7,25H,1H3,(H,26,27)(H,21,22,23)/b14-5-. The van der Waals surface area contributed by atoms with Gasteiger partial charge in [0.1, 0.15) is 10.7 Å². The van der Waals surface area contributed by atoms with Crippen molar-refractivity contribution in [3.05, 3.63) is 60.4 Å². The molecule has 3 rings (SSSR count). The summed E-state index contributed by atoms with van der Waals surface area (Å²) in [6, 6.07) is 7.37. The summed E-state index contributed by atoms with van der Waals surface area (Å²) in [5.74, 6) is -1.21. The van der Waals surface area contributed by atoms with E-state index in [0.29, 0.717) is 38.4 Å². The number of phenolic OH excluding ortho intramolecular Hbond substituents is 1. The number of halogens is 2. The molecule has 2 aromatic carbocycles. The highest BCUT2D eigenvalue weighted by atomic mass is 79.9. The molecule has 1 aromatic heterocycles. The third-order valence-electron chi connectivity index (χ3n) is 3.86. The van der Waals surface area contributed by atoms with Gasteiger partial charge in [-0.25, -0.2) is 9.78 Å². The quantitative estimate of drug-likeness (QED) is 0.171. The van der Waals surface area contributed by atoms with Crippen molar-refractivity contribution >= 4 is 57.0 Å². The summed E-state index contributed by atoms with van der Waals surface area (Å²) in [5.41, 5.74) is -0.0997. The molecule has 3 aromatic rings. The fraction of sp³-hybridized carbons (Fsp3) is 0.0556. The van der Waals surface area contributed by atoms with Gasteiger partial charge in [0.2, 0.25) is 10.9 Å². The first-order valence-electron chi connectivity index (χ1n) is 8.25. The molecule has 0 bridgehead atoms. The zero-order valence-corrected chi connectivity index (χ0v) is 18.7. The topological polar surface area (TPSA) is 151 Å². The summed E-state index contributed by atoms with van der Waals surface area (Å²) in [6.07, 6.45) is 1.09. The third kappa shape index (κ3) is 5.16. The number of carboxylic acid groups (broad SMARTS) is 1. The number of ether oxygens (including phenoxy) is 1. The molecule has 0 aliphatic carbocycles. The number of nitro groups is 1. The van der Waals surface area contributed by atoms with Gasteiger partial charge in [-0.15, -0.1) is 5.10 Å². The molecule has 10 nitrogen and oxygen atoms in total. The summed E-state index contributed by atoms with van der Waals surface area (Å²) < 4.78 is 5.57. The van der Waals surface area contributed by atoms with E-state index >= 15 is 0 Å². The minimum Gasteiger partial charge on any atom is -0.502 e. The van der Waals surface area contributed by atoms with E-state index < -0.39 is 22.3 Å². The third-order valence-corrected chi connectivity index (χ3v) is 5.43. The minimum absolute atomic E-state index is 0.0572. The Morgan fingerprint density at radius 1 is 1.39 bits per heavy atom. The minimum atomic E-state index is -1.33. The van der Waals surface area contributed by atoms with Crippen LogP contribution in [0.3, 0.4) is 0 Å². The maximum Gasteiger partial charge on any atom is 0.342 e. The van der Waals surface area contributed by atoms with E-state index in [4.69, 9.17) is 16.3 Å². The molecule has 0 unspecified atom stereocenters. The number of phenols is 1. The zero-order valence-electron chi connectivity index (χ0n) is 15.5. The van der Waals surface area contributed by atoms with E-state index in [1.807, 2.05) is 0 Å². The highest BCUT2D eigenvalue weighted by Crippen LogP contribution is 2.37. The number of nitro benzene ring substituents is 1. The smallest absolute Gasteiger partial charge is 0.342 e. The monoisotopic (exact) mass is 526 g/mol. The van der Waals surface area contributed by atoms with E-state index in [1.165, 1.54) is 13.2 Å². The molecule has 0 saturated heterocycles. The number of carbonyl (C=O) groups is 1. The fourth-order valence-electron chi connectivity index (χ4n) is 2.51. The van der Waals surface area contributed by atoms with Crippen LogP contribution in [0.5, 0.6) is 11.5 Å². The molecule has 0 saturated carbocycles. The summed E-state index contributed by atoms with van der Waals surface area (Å²) in [6.45, 7) is 0. The molecule has 0 amide bonds. The molecule has 0 spiro atoms. The Morgan fingerprint density at radius 3 is 2.77 bits per heavy atom. The van der Waals surface area contributed by atoms with Crippen molar-refractivity contribution < 1.29 is 24.7 Å². The SMILES string of the molecule is COc1ccc(Cl)cc1-c1nc(S/C(=C\c2cc(Br)cc([N+](=O)[O-])c2O)C(=O)O)n[nH]1. The van der Waals surface area contributed by atoms with Crippen molar-refractivity contribution in [3.8, 4) is 22.9 Å². The average Bonchev–Trinajstić information content (AvgIpc) is 3.18. The predicted molar refractivity (Wildman–Crippen MR) is 117 cm³/mol. The molecular formula is C18H12BrClN4O6S. The summed E-state index contributed by atoms with van der Waals surface area (Å²) in [7, 11) is 1.48. The van der Waals surface area contributed by atoms with Crippen molar-refractivity contribution in [2.24, 2.45) is 0 Å². The van der Waals surface area contributed by atoms with Gasteiger partial charge in [-0.05, 0) is 42.1 Å². The number of H-pyrrole nitrogens is 1. The molecule has 0 fully saturated rings. The number of nitrogens with one attached hydrogen (secondary N) is 1. The van der Waals surface area contributed by atoms with Crippen LogP contribution >= 0.6 is 39.3 Å². The fourth-order valence-corrected chi connectivity index (χ4v) is 3.84. The van der Waals surface area contributed by atoms with E-state index in [2.05, 4.69) is 31.1 Å². The number of nitrogens with zero attached hydrogens (tertiary/aromatic N) is 3. The molecule has 13 heteroatoms. The lowest BCUT2D eigenvalue weighted by atomic mass is 10.1. The number of rotatable bonds is 7. The Kier molecular flexibility index (Phi) is 6.83. The van der Waals surface area contributed by atoms with Gasteiger partial charge < -0.3 is 14.9 Å². The molecule has 0 aliphatic heterocycles. The van der Waals surface area contributed by atoms with E-state index in [9.17, 15) is 25.1 Å². The number of aromatic nitrogens is 3. The van der Waals surface area contributed by atoms with Crippen LogP contribution in [0.15, 0.2) is 44.9 Å². The molecule has 0 aliphatic rings. The Bertz CT molecular complexity index is 1220.